The molecule has 0 aromatic rings. The van der Waals surface area contributed by atoms with Gasteiger partial charge in [0.15, 0.2) is 0 Å². The number of hydroxylamine groups is 3. The zero-order valence-corrected chi connectivity index (χ0v) is 8.00. The molecule has 2 heteroatoms. The molecule has 0 radical (unpaired) electrons. The van der Waals surface area contributed by atoms with E-state index in [1.54, 1.807) is 6.08 Å². The minimum atomic E-state index is -0.163. The average molecular weight is 157 g/mol. The molecular weight excluding hydrogens is 138 g/mol. The summed E-state index contributed by atoms with van der Waals surface area (Å²) < 4.78 is -0.163. The second kappa shape index (κ2) is 3.88. The molecule has 0 saturated heterocycles. The van der Waals surface area contributed by atoms with Crippen LogP contribution in [0.3, 0.4) is 0 Å². The van der Waals surface area contributed by atoms with Crippen molar-refractivity contribution in [2.24, 2.45) is 0 Å². The molecule has 0 aliphatic rings. The summed E-state index contributed by atoms with van der Waals surface area (Å²) in [4.78, 5) is 0. The Morgan fingerprint density at radius 1 is 1.27 bits per heavy atom. The Labute approximate surface area is 69.7 Å². The molecule has 0 atom stereocenters. The lowest BCUT2D eigenvalue weighted by Gasteiger charge is -2.49. The van der Waals surface area contributed by atoms with Gasteiger partial charge in [-0.25, -0.2) is 0 Å². The number of nitrogens with zero attached hydrogens (tertiary/aromatic N) is 1. The molecule has 0 aromatic heterocycles. The normalized spacial score (nSPS) is 12.6. The molecule has 0 bridgehead atoms. The lowest BCUT2D eigenvalue weighted by atomic mass is 10.2. The molecule has 0 spiro atoms. The number of rotatable bonds is 4. The summed E-state index contributed by atoms with van der Waals surface area (Å²) in [5.74, 6) is 0. The van der Waals surface area contributed by atoms with Crippen LogP contribution in [0.2, 0.25) is 0 Å². The first-order valence-corrected chi connectivity index (χ1v) is 4.14. The molecular formula is C9H19NO. The first-order valence-electron chi connectivity index (χ1n) is 4.14. The third-order valence-corrected chi connectivity index (χ3v) is 2.16. The van der Waals surface area contributed by atoms with Crippen molar-refractivity contribution in [1.82, 2.24) is 0 Å². The molecule has 0 fully saturated rings. The maximum atomic E-state index is 12.0. The minimum Gasteiger partial charge on any atom is -0.632 e. The first-order chi connectivity index (χ1) is 4.95. The van der Waals surface area contributed by atoms with Gasteiger partial charge in [0, 0.05) is 0 Å². The van der Waals surface area contributed by atoms with Crippen molar-refractivity contribution < 1.29 is 4.65 Å². The fourth-order valence-electron chi connectivity index (χ4n) is 1.22. The van der Waals surface area contributed by atoms with Crippen LogP contribution >= 0.6 is 0 Å². The largest absolute Gasteiger partial charge is 0.632 e. The Hall–Kier alpha value is -0.340. The topological polar surface area (TPSA) is 23.1 Å². The van der Waals surface area contributed by atoms with Crippen LogP contribution in [-0.4, -0.2) is 23.3 Å². The summed E-state index contributed by atoms with van der Waals surface area (Å²) >= 11 is 0. The molecule has 0 N–H and O–H groups in total. The number of hydrogen-bond acceptors (Lipinski definition) is 1. The smallest absolute Gasteiger partial charge is 0.0972 e. The first kappa shape index (κ1) is 10.7. The van der Waals surface area contributed by atoms with Gasteiger partial charge in [-0.2, -0.15) is 0 Å². The van der Waals surface area contributed by atoms with Crippen molar-refractivity contribution in [2.75, 3.05) is 6.54 Å². The predicted molar refractivity (Wildman–Crippen MR) is 49.0 cm³/mol. The molecule has 0 saturated carbocycles. The Kier molecular flexibility index (Phi) is 3.76. The van der Waals surface area contributed by atoms with Gasteiger partial charge in [-0.1, -0.05) is 6.58 Å². The maximum Gasteiger partial charge on any atom is 0.0972 e. The molecule has 66 valence electrons. The van der Waals surface area contributed by atoms with Crippen LogP contribution in [0.15, 0.2) is 12.7 Å². The number of hydrogen-bond donors (Lipinski definition) is 0. The van der Waals surface area contributed by atoms with Crippen LogP contribution in [0.1, 0.15) is 27.7 Å². The average Bonchev–Trinajstić information content (AvgIpc) is 1.87. The summed E-state index contributed by atoms with van der Waals surface area (Å²) in [7, 11) is 0. The Bertz CT molecular complexity index is 122. The zero-order valence-electron chi connectivity index (χ0n) is 8.00. The quantitative estimate of drug-likeness (QED) is 0.349. The molecule has 0 aliphatic heterocycles. The van der Waals surface area contributed by atoms with E-state index in [1.807, 2.05) is 27.7 Å². The zero-order chi connectivity index (χ0) is 9.07. The van der Waals surface area contributed by atoms with Crippen LogP contribution in [0.5, 0.6) is 0 Å². The molecule has 0 aliphatic carbocycles. The summed E-state index contributed by atoms with van der Waals surface area (Å²) in [6.07, 6.45) is 1.70. The second-order valence-electron chi connectivity index (χ2n) is 3.51. The van der Waals surface area contributed by atoms with E-state index < -0.39 is 0 Å². The SMILES string of the molecule is C=CC[N+]([O-])(C(C)C)C(C)C. The van der Waals surface area contributed by atoms with E-state index in [1.165, 1.54) is 0 Å². The van der Waals surface area contributed by atoms with Crippen LogP contribution in [-0.2, 0) is 0 Å². The molecule has 0 aromatic carbocycles. The van der Waals surface area contributed by atoms with Gasteiger partial charge >= 0.3 is 0 Å². The van der Waals surface area contributed by atoms with Gasteiger partial charge in [-0.15, -0.1) is 0 Å². The monoisotopic (exact) mass is 157 g/mol. The van der Waals surface area contributed by atoms with Crippen LogP contribution in [0.4, 0.5) is 0 Å². The van der Waals surface area contributed by atoms with E-state index in [0.29, 0.717) is 6.54 Å². The summed E-state index contributed by atoms with van der Waals surface area (Å²) in [6, 6.07) is 0.237. The van der Waals surface area contributed by atoms with E-state index in [2.05, 4.69) is 6.58 Å². The van der Waals surface area contributed by atoms with Crippen LogP contribution < -0.4 is 0 Å². The maximum absolute atomic E-state index is 12.0. The fourth-order valence-corrected chi connectivity index (χ4v) is 1.22. The molecule has 0 unspecified atom stereocenters. The van der Waals surface area contributed by atoms with Gasteiger partial charge in [-0.05, 0) is 33.8 Å². The lowest BCUT2D eigenvalue weighted by Crippen LogP contribution is -2.52. The molecule has 0 heterocycles. The molecule has 11 heavy (non-hydrogen) atoms. The standard InChI is InChI=1S/C9H19NO/c1-6-7-10(11,8(2)3)9(4)5/h6,8-9H,1,7H2,2-5H3. The van der Waals surface area contributed by atoms with Gasteiger partial charge in [0.1, 0.15) is 0 Å². The summed E-state index contributed by atoms with van der Waals surface area (Å²) in [5, 5.41) is 12.0. The van der Waals surface area contributed by atoms with Crippen molar-refractivity contribution in [1.29, 1.82) is 0 Å². The molecule has 0 amide bonds. The third-order valence-electron chi connectivity index (χ3n) is 2.16. The third kappa shape index (κ3) is 2.31. The highest BCUT2D eigenvalue weighted by Gasteiger charge is 2.23. The highest BCUT2D eigenvalue weighted by molar-refractivity contribution is 4.69. The second-order valence-corrected chi connectivity index (χ2v) is 3.51. The highest BCUT2D eigenvalue weighted by Crippen LogP contribution is 2.16. The van der Waals surface area contributed by atoms with Crippen LogP contribution in [0.25, 0.3) is 0 Å². The fraction of sp³-hybridized carbons (Fsp3) is 0.778. The summed E-state index contributed by atoms with van der Waals surface area (Å²) in [6.45, 7) is 11.9. The Balaban J connectivity index is 4.37. The van der Waals surface area contributed by atoms with Crippen molar-refractivity contribution in [3.63, 3.8) is 0 Å². The van der Waals surface area contributed by atoms with Gasteiger partial charge in [0.25, 0.3) is 0 Å². The van der Waals surface area contributed by atoms with E-state index in [4.69, 9.17) is 0 Å². The van der Waals surface area contributed by atoms with E-state index in [9.17, 15) is 5.21 Å². The Morgan fingerprint density at radius 2 is 1.64 bits per heavy atom. The molecule has 0 rings (SSSR count). The number of quaternary nitrogens is 1. The molecule has 2 nitrogen and oxygen atoms in total. The van der Waals surface area contributed by atoms with Crippen molar-refractivity contribution in [3.05, 3.63) is 17.9 Å². The van der Waals surface area contributed by atoms with Gasteiger partial charge in [-0.3, -0.25) is 0 Å². The predicted octanol–water partition coefficient (Wildman–Crippen LogP) is 2.30. The van der Waals surface area contributed by atoms with Crippen LogP contribution in [0, 0.1) is 5.21 Å². The lowest BCUT2D eigenvalue weighted by molar-refractivity contribution is -0.916. The highest BCUT2D eigenvalue weighted by atomic mass is 16.5. The van der Waals surface area contributed by atoms with E-state index >= 15 is 0 Å². The van der Waals surface area contributed by atoms with Crippen molar-refractivity contribution in [2.45, 2.75) is 39.8 Å². The van der Waals surface area contributed by atoms with Crippen molar-refractivity contribution in [3.8, 4) is 0 Å². The summed E-state index contributed by atoms with van der Waals surface area (Å²) in [5.41, 5.74) is 0. The van der Waals surface area contributed by atoms with Crippen molar-refractivity contribution >= 4 is 0 Å². The minimum absolute atomic E-state index is 0.119. The Morgan fingerprint density at radius 3 is 1.73 bits per heavy atom. The van der Waals surface area contributed by atoms with E-state index in [-0.39, 0.29) is 16.7 Å². The van der Waals surface area contributed by atoms with Gasteiger partial charge in [0.05, 0.1) is 18.6 Å². The van der Waals surface area contributed by atoms with Gasteiger partial charge in [0.2, 0.25) is 0 Å². The van der Waals surface area contributed by atoms with E-state index in [0.717, 1.165) is 0 Å². The van der Waals surface area contributed by atoms with Gasteiger partial charge < -0.3 is 9.85 Å².